The summed E-state index contributed by atoms with van der Waals surface area (Å²) < 4.78 is 124. The molecular formula is C26H20F8O2. The fraction of sp³-hybridized carbons (Fsp3) is 0.308. The minimum absolute atomic E-state index is 0.138. The number of hydrogen-bond donors (Lipinski definition) is 0. The van der Waals surface area contributed by atoms with E-state index in [1.165, 1.54) is 12.1 Å². The summed E-state index contributed by atoms with van der Waals surface area (Å²) in [6.07, 6.45) is -3.51. The second-order valence-electron chi connectivity index (χ2n) is 8.79. The maximum absolute atomic E-state index is 14.8. The van der Waals surface area contributed by atoms with Crippen LogP contribution >= 0.6 is 0 Å². The lowest BCUT2D eigenvalue weighted by atomic mass is 9.94. The van der Waals surface area contributed by atoms with Crippen molar-refractivity contribution < 1.29 is 44.6 Å². The van der Waals surface area contributed by atoms with Crippen LogP contribution in [0, 0.1) is 47.7 Å². The van der Waals surface area contributed by atoms with Crippen molar-refractivity contribution in [2.45, 2.75) is 38.9 Å². The van der Waals surface area contributed by atoms with Crippen LogP contribution in [-0.4, -0.2) is 6.61 Å². The zero-order valence-corrected chi connectivity index (χ0v) is 19.1. The van der Waals surface area contributed by atoms with E-state index in [1.807, 2.05) is 6.92 Å². The Kier molecular flexibility index (Phi) is 7.01. The smallest absolute Gasteiger partial charge is 0.428 e. The van der Waals surface area contributed by atoms with Crippen molar-refractivity contribution in [3.63, 3.8) is 0 Å². The molecule has 3 aromatic carbocycles. The van der Waals surface area contributed by atoms with E-state index in [1.54, 1.807) is 0 Å². The van der Waals surface area contributed by atoms with Gasteiger partial charge in [0.1, 0.15) is 28.8 Å². The topological polar surface area (TPSA) is 18.5 Å². The van der Waals surface area contributed by atoms with Crippen molar-refractivity contribution in [2.75, 3.05) is 6.61 Å². The van der Waals surface area contributed by atoms with Gasteiger partial charge in [-0.25, -0.2) is 26.3 Å². The summed E-state index contributed by atoms with van der Waals surface area (Å²) in [4.78, 5) is 0. The van der Waals surface area contributed by atoms with Gasteiger partial charge in [-0.05, 0) is 55.0 Å². The molecule has 2 atom stereocenters. The van der Waals surface area contributed by atoms with Crippen molar-refractivity contribution >= 4 is 0 Å². The molecule has 2 nitrogen and oxygen atoms in total. The van der Waals surface area contributed by atoms with Crippen LogP contribution in [0.25, 0.3) is 11.1 Å². The van der Waals surface area contributed by atoms with Gasteiger partial charge in [-0.3, -0.25) is 0 Å². The van der Waals surface area contributed by atoms with Gasteiger partial charge in [0.05, 0.1) is 6.10 Å². The minimum Gasteiger partial charge on any atom is -0.428 e. The molecule has 1 aliphatic rings. The second kappa shape index (κ2) is 9.72. The molecule has 36 heavy (non-hydrogen) atoms. The van der Waals surface area contributed by atoms with Crippen LogP contribution in [0.1, 0.15) is 42.6 Å². The highest BCUT2D eigenvalue weighted by Gasteiger charge is 2.42. The van der Waals surface area contributed by atoms with Crippen molar-refractivity contribution in [1.82, 2.24) is 0 Å². The van der Waals surface area contributed by atoms with Gasteiger partial charge < -0.3 is 9.47 Å². The largest absolute Gasteiger partial charge is 0.432 e. The molecule has 0 amide bonds. The van der Waals surface area contributed by atoms with E-state index in [9.17, 15) is 35.1 Å². The van der Waals surface area contributed by atoms with Crippen molar-refractivity contribution in [1.29, 1.82) is 0 Å². The lowest BCUT2D eigenvalue weighted by Gasteiger charge is -2.27. The predicted octanol–water partition coefficient (Wildman–Crippen LogP) is 8.11. The average molecular weight is 516 g/mol. The van der Waals surface area contributed by atoms with Gasteiger partial charge in [0.15, 0.2) is 17.5 Å². The van der Waals surface area contributed by atoms with E-state index in [-0.39, 0.29) is 23.3 Å². The maximum Gasteiger partial charge on any atom is 0.432 e. The Morgan fingerprint density at radius 3 is 2.08 bits per heavy atom. The first-order valence-corrected chi connectivity index (χ1v) is 11.0. The highest BCUT2D eigenvalue weighted by atomic mass is 19.3. The van der Waals surface area contributed by atoms with E-state index in [4.69, 9.17) is 4.74 Å². The Morgan fingerprint density at radius 1 is 0.833 bits per heavy atom. The second-order valence-corrected chi connectivity index (χ2v) is 8.79. The van der Waals surface area contributed by atoms with Crippen LogP contribution in [0.2, 0.25) is 0 Å². The molecule has 1 heterocycles. The third kappa shape index (κ3) is 4.91. The molecule has 2 unspecified atom stereocenters. The summed E-state index contributed by atoms with van der Waals surface area (Å²) in [6, 6.07) is 5.08. The Labute approximate surface area is 201 Å². The van der Waals surface area contributed by atoms with Gasteiger partial charge in [-0.15, -0.1) is 0 Å². The molecular weight excluding hydrogens is 496 g/mol. The first-order valence-electron chi connectivity index (χ1n) is 11.0. The highest BCUT2D eigenvalue weighted by Crippen LogP contribution is 2.40. The summed E-state index contributed by atoms with van der Waals surface area (Å²) in [7, 11) is 0. The lowest BCUT2D eigenvalue weighted by Crippen LogP contribution is -2.26. The first kappa shape index (κ1) is 25.9. The van der Waals surface area contributed by atoms with E-state index in [0.717, 1.165) is 19.4 Å². The summed E-state index contributed by atoms with van der Waals surface area (Å²) in [5.41, 5.74) is -2.76. The molecule has 1 fully saturated rings. The van der Waals surface area contributed by atoms with E-state index < -0.39 is 57.9 Å². The number of ether oxygens (including phenoxy) is 2. The molecule has 4 rings (SSSR count). The monoisotopic (exact) mass is 516 g/mol. The average Bonchev–Trinajstić information content (AvgIpc) is 2.80. The molecule has 0 saturated carbocycles. The predicted molar refractivity (Wildman–Crippen MR) is 114 cm³/mol. The highest BCUT2D eigenvalue weighted by molar-refractivity contribution is 5.65. The molecule has 0 bridgehead atoms. The minimum atomic E-state index is -4.74. The van der Waals surface area contributed by atoms with Crippen LogP contribution in [0.15, 0.2) is 36.4 Å². The van der Waals surface area contributed by atoms with Gasteiger partial charge >= 0.3 is 6.11 Å². The maximum atomic E-state index is 14.8. The quantitative estimate of drug-likeness (QED) is 0.252. The fourth-order valence-electron chi connectivity index (χ4n) is 4.08. The zero-order chi connectivity index (χ0) is 26.4. The van der Waals surface area contributed by atoms with Crippen molar-refractivity contribution in [3.8, 4) is 16.9 Å². The zero-order valence-electron chi connectivity index (χ0n) is 19.1. The standard InChI is InChI=1S/C26H20F8O2/c1-12-3-6-21(35-11-12)14-4-5-16(17(27)7-14)15-8-18(28)23(19(29)9-15)26(33,34)36-22-10-20(30)25(32)24(31)13(22)2/h4-5,7-10,12,21H,3,6,11H2,1-2H3. The van der Waals surface area contributed by atoms with Crippen molar-refractivity contribution in [2.24, 2.45) is 5.92 Å². The van der Waals surface area contributed by atoms with E-state index in [0.29, 0.717) is 36.6 Å². The number of benzene rings is 3. The Hall–Kier alpha value is -3.14. The molecule has 192 valence electrons. The van der Waals surface area contributed by atoms with Gasteiger partial charge in [-0.1, -0.05) is 19.1 Å². The Balaban J connectivity index is 1.64. The van der Waals surface area contributed by atoms with Crippen LogP contribution in [0.5, 0.6) is 5.75 Å². The normalized spacial score (nSPS) is 18.4. The molecule has 1 saturated heterocycles. The van der Waals surface area contributed by atoms with Crippen LogP contribution < -0.4 is 4.74 Å². The van der Waals surface area contributed by atoms with Gasteiger partial charge in [-0.2, -0.15) is 8.78 Å². The number of halogens is 8. The van der Waals surface area contributed by atoms with E-state index in [2.05, 4.69) is 4.74 Å². The van der Waals surface area contributed by atoms with Crippen LogP contribution in [0.4, 0.5) is 35.1 Å². The summed E-state index contributed by atoms with van der Waals surface area (Å²) in [5.74, 6) is -10.7. The summed E-state index contributed by atoms with van der Waals surface area (Å²) in [5, 5.41) is 0. The van der Waals surface area contributed by atoms with Crippen molar-refractivity contribution in [3.05, 3.63) is 88.0 Å². The molecule has 0 N–H and O–H groups in total. The fourth-order valence-corrected chi connectivity index (χ4v) is 4.08. The lowest BCUT2D eigenvalue weighted by molar-refractivity contribution is -0.190. The first-order chi connectivity index (χ1) is 16.9. The number of hydrogen-bond acceptors (Lipinski definition) is 2. The van der Waals surface area contributed by atoms with Gasteiger partial charge in [0.2, 0.25) is 0 Å². The summed E-state index contributed by atoms with van der Waals surface area (Å²) >= 11 is 0. The Morgan fingerprint density at radius 2 is 1.50 bits per heavy atom. The molecule has 0 spiro atoms. The SMILES string of the molecule is Cc1c(OC(F)(F)c2c(F)cc(-c3ccc(C4CCC(C)CO4)cc3F)cc2F)cc(F)c(F)c1F. The van der Waals surface area contributed by atoms with Gasteiger partial charge in [0, 0.05) is 23.8 Å². The molecule has 0 aliphatic carbocycles. The molecule has 3 aromatic rings. The van der Waals surface area contributed by atoms with Crippen LogP contribution in [0.3, 0.4) is 0 Å². The van der Waals surface area contributed by atoms with Gasteiger partial charge in [0.25, 0.3) is 0 Å². The third-order valence-corrected chi connectivity index (χ3v) is 6.11. The summed E-state index contributed by atoms with van der Waals surface area (Å²) in [6.45, 7) is 3.36. The molecule has 0 aromatic heterocycles. The number of alkyl halides is 2. The molecule has 1 aliphatic heterocycles. The third-order valence-electron chi connectivity index (χ3n) is 6.11. The molecule has 10 heteroatoms. The molecule has 0 radical (unpaired) electrons. The van der Waals surface area contributed by atoms with E-state index >= 15 is 0 Å². The Bertz CT molecular complexity index is 1280. The van der Waals surface area contributed by atoms with Crippen LogP contribution in [-0.2, 0) is 10.8 Å². The number of rotatable bonds is 5.